The Hall–Kier alpha value is -1.91. The van der Waals surface area contributed by atoms with E-state index in [4.69, 9.17) is 20.8 Å². The average molecular weight is 470 g/mol. The molecule has 5 rings (SSSR count). The third-order valence-electron chi connectivity index (χ3n) is 4.98. The summed E-state index contributed by atoms with van der Waals surface area (Å²) in [4.78, 5) is 13.3. The van der Waals surface area contributed by atoms with Crippen LogP contribution < -0.4 is 4.74 Å². The van der Waals surface area contributed by atoms with Gasteiger partial charge in [0.15, 0.2) is 20.5 Å². The predicted molar refractivity (Wildman–Crippen MR) is 111 cm³/mol. The lowest BCUT2D eigenvalue weighted by atomic mass is 10.2. The van der Waals surface area contributed by atoms with E-state index in [1.165, 1.54) is 30.0 Å². The van der Waals surface area contributed by atoms with Crippen molar-refractivity contribution in [2.45, 2.75) is 29.7 Å². The van der Waals surface area contributed by atoms with E-state index < -0.39 is 15.7 Å². The summed E-state index contributed by atoms with van der Waals surface area (Å²) in [6.07, 6.45) is 2.77. The summed E-state index contributed by atoms with van der Waals surface area (Å²) in [7, 11) is -3.02. The summed E-state index contributed by atoms with van der Waals surface area (Å²) in [5.41, 5.74) is 0.822. The van der Waals surface area contributed by atoms with Gasteiger partial charge in [0, 0.05) is 5.25 Å². The van der Waals surface area contributed by atoms with Gasteiger partial charge < -0.3 is 9.15 Å². The van der Waals surface area contributed by atoms with Gasteiger partial charge in [-0.3, -0.25) is 0 Å². The molecular formula is C19H17ClFN3O4S2. The van der Waals surface area contributed by atoms with Crippen LogP contribution in [-0.4, -0.2) is 46.7 Å². The number of nitrogens with zero attached hydrogens (tertiary/aromatic N) is 3. The second-order valence-electron chi connectivity index (χ2n) is 7.51. The zero-order valence-electron chi connectivity index (χ0n) is 15.7. The van der Waals surface area contributed by atoms with Crippen molar-refractivity contribution in [3.8, 4) is 17.3 Å². The van der Waals surface area contributed by atoms with Crippen LogP contribution >= 0.6 is 23.4 Å². The summed E-state index contributed by atoms with van der Waals surface area (Å²) in [6.45, 7) is 0.511. The summed E-state index contributed by atoms with van der Waals surface area (Å²) >= 11 is 7.47. The Balaban J connectivity index is 1.52. The number of hydrogen-bond donors (Lipinski definition) is 0. The first-order valence-electron chi connectivity index (χ1n) is 9.50. The molecule has 0 radical (unpaired) electrons. The van der Waals surface area contributed by atoms with E-state index >= 15 is 0 Å². The first-order chi connectivity index (χ1) is 14.4. The normalized spacial score (nSPS) is 20.7. The zero-order chi connectivity index (χ0) is 20.9. The lowest BCUT2D eigenvalue weighted by Crippen LogP contribution is -2.08. The van der Waals surface area contributed by atoms with Crippen molar-refractivity contribution in [3.05, 3.63) is 29.0 Å². The second-order valence-corrected chi connectivity index (χ2v) is 11.4. The number of benzene rings is 1. The number of fused-ring (bicyclic) bond motifs is 1. The molecule has 7 nitrogen and oxygen atoms in total. The highest BCUT2D eigenvalue weighted by Crippen LogP contribution is 2.37. The van der Waals surface area contributed by atoms with E-state index in [1.54, 1.807) is 0 Å². The Morgan fingerprint density at radius 3 is 2.80 bits per heavy atom. The molecule has 0 N–H and O–H groups in total. The number of hydrogen-bond acceptors (Lipinski definition) is 8. The SMILES string of the molecule is O=S1(=O)CCC(Sc2nc(OCC3CC3)c3nc(-c4cc(F)ccc4Cl)oc3n2)C1. The van der Waals surface area contributed by atoms with E-state index in [2.05, 4.69) is 15.0 Å². The predicted octanol–water partition coefficient (Wildman–Crippen LogP) is 4.15. The third kappa shape index (κ3) is 4.26. The van der Waals surface area contributed by atoms with Gasteiger partial charge in [0.25, 0.3) is 5.71 Å². The van der Waals surface area contributed by atoms with Crippen molar-refractivity contribution in [1.29, 1.82) is 0 Å². The lowest BCUT2D eigenvalue weighted by Gasteiger charge is -2.08. The minimum absolute atomic E-state index is 0.0951. The highest BCUT2D eigenvalue weighted by Gasteiger charge is 2.30. The molecular weight excluding hydrogens is 453 g/mol. The number of aromatic nitrogens is 3. The van der Waals surface area contributed by atoms with Crippen LogP contribution in [-0.2, 0) is 9.84 Å². The van der Waals surface area contributed by atoms with Gasteiger partial charge in [-0.2, -0.15) is 9.97 Å². The summed E-state index contributed by atoms with van der Waals surface area (Å²) < 4.78 is 48.9. The first kappa shape index (κ1) is 20.0. The van der Waals surface area contributed by atoms with Gasteiger partial charge in [-0.1, -0.05) is 23.4 Å². The maximum absolute atomic E-state index is 13.7. The highest BCUT2D eigenvalue weighted by atomic mass is 35.5. The quantitative estimate of drug-likeness (QED) is 0.497. The number of sulfone groups is 1. The number of rotatable bonds is 6. The largest absolute Gasteiger partial charge is 0.476 e. The monoisotopic (exact) mass is 469 g/mol. The molecule has 1 aliphatic carbocycles. The molecule has 1 atom stereocenters. The fourth-order valence-electron chi connectivity index (χ4n) is 3.19. The van der Waals surface area contributed by atoms with E-state index in [-0.39, 0.29) is 34.2 Å². The standard InChI is InChI=1S/C19H17ClFN3O4S2/c20-14-4-3-11(21)7-13(14)16-22-15-17(27-8-10-1-2-10)23-19(24-18(15)28-16)29-12-5-6-30(25,26)9-12/h3-4,7,10,12H,1-2,5-6,8-9H2. The minimum atomic E-state index is -3.02. The Bertz CT molecular complexity index is 1230. The molecule has 1 saturated heterocycles. The molecule has 2 aromatic heterocycles. The third-order valence-corrected chi connectivity index (χ3v) is 8.42. The van der Waals surface area contributed by atoms with Crippen LogP contribution in [0.25, 0.3) is 22.7 Å². The van der Waals surface area contributed by atoms with Crippen LogP contribution in [0, 0.1) is 11.7 Å². The van der Waals surface area contributed by atoms with Crippen molar-refractivity contribution in [2.24, 2.45) is 5.92 Å². The Labute approximate surface area is 181 Å². The molecule has 1 saturated carbocycles. The Morgan fingerprint density at radius 2 is 2.07 bits per heavy atom. The molecule has 0 amide bonds. The van der Waals surface area contributed by atoms with Gasteiger partial charge in [0.2, 0.25) is 11.8 Å². The van der Waals surface area contributed by atoms with E-state index in [0.717, 1.165) is 12.8 Å². The van der Waals surface area contributed by atoms with Gasteiger partial charge in [-0.05, 0) is 43.4 Å². The summed E-state index contributed by atoms with van der Waals surface area (Å²) in [6, 6.07) is 3.92. The van der Waals surface area contributed by atoms with E-state index in [1.807, 2.05) is 0 Å². The molecule has 3 aromatic rings. The number of halogens is 2. The van der Waals surface area contributed by atoms with E-state index in [9.17, 15) is 12.8 Å². The fraction of sp³-hybridized carbons (Fsp3) is 0.421. The van der Waals surface area contributed by atoms with Crippen molar-refractivity contribution in [3.63, 3.8) is 0 Å². The van der Waals surface area contributed by atoms with Crippen molar-refractivity contribution in [2.75, 3.05) is 18.1 Å². The molecule has 1 aliphatic heterocycles. The topological polar surface area (TPSA) is 95.2 Å². The van der Waals surface area contributed by atoms with Crippen LogP contribution in [0.2, 0.25) is 5.02 Å². The molecule has 158 valence electrons. The molecule has 30 heavy (non-hydrogen) atoms. The zero-order valence-corrected chi connectivity index (χ0v) is 18.1. The van der Waals surface area contributed by atoms with Crippen LogP contribution in [0.3, 0.4) is 0 Å². The number of oxazole rings is 1. The Kier molecular flexibility index (Phi) is 5.11. The van der Waals surface area contributed by atoms with Crippen LogP contribution in [0.4, 0.5) is 4.39 Å². The maximum atomic E-state index is 13.7. The first-order valence-corrected chi connectivity index (χ1v) is 12.6. The van der Waals surface area contributed by atoms with Gasteiger partial charge >= 0.3 is 0 Å². The second kappa shape index (κ2) is 7.65. The number of ether oxygens (including phenoxy) is 1. The summed E-state index contributed by atoms with van der Waals surface area (Å²) in [5, 5.41) is 0.536. The molecule has 2 aliphatic rings. The molecule has 1 unspecified atom stereocenters. The summed E-state index contributed by atoms with van der Waals surface area (Å²) in [5.74, 6) is 0.686. The molecule has 3 heterocycles. The minimum Gasteiger partial charge on any atom is -0.476 e. The van der Waals surface area contributed by atoms with E-state index in [0.29, 0.717) is 40.2 Å². The van der Waals surface area contributed by atoms with Gasteiger partial charge in [0.05, 0.1) is 28.7 Å². The average Bonchev–Trinajstić information content (AvgIpc) is 3.33. The smallest absolute Gasteiger partial charge is 0.255 e. The molecule has 0 spiro atoms. The van der Waals surface area contributed by atoms with Crippen LogP contribution in [0.5, 0.6) is 5.88 Å². The highest BCUT2D eigenvalue weighted by molar-refractivity contribution is 8.01. The van der Waals surface area contributed by atoms with Gasteiger partial charge in [0.1, 0.15) is 5.82 Å². The van der Waals surface area contributed by atoms with Gasteiger partial charge in [-0.15, -0.1) is 0 Å². The molecule has 1 aromatic carbocycles. The van der Waals surface area contributed by atoms with Crippen LogP contribution in [0.15, 0.2) is 27.8 Å². The fourth-order valence-corrected chi connectivity index (χ4v) is 6.78. The van der Waals surface area contributed by atoms with Crippen LogP contribution in [0.1, 0.15) is 19.3 Å². The molecule has 11 heteroatoms. The number of thioether (sulfide) groups is 1. The van der Waals surface area contributed by atoms with Crippen molar-refractivity contribution >= 4 is 44.4 Å². The molecule has 2 fully saturated rings. The Morgan fingerprint density at radius 1 is 1.23 bits per heavy atom. The van der Waals surface area contributed by atoms with Gasteiger partial charge in [-0.25, -0.2) is 17.8 Å². The maximum Gasteiger partial charge on any atom is 0.255 e. The molecule has 0 bridgehead atoms. The van der Waals surface area contributed by atoms with Crippen molar-refractivity contribution in [1.82, 2.24) is 15.0 Å². The van der Waals surface area contributed by atoms with Crippen molar-refractivity contribution < 1.29 is 22.0 Å². The lowest BCUT2D eigenvalue weighted by molar-refractivity contribution is 0.289.